The Hall–Kier alpha value is -2.17. The lowest BCUT2D eigenvalue weighted by atomic mass is 10.2. The zero-order valence-corrected chi connectivity index (χ0v) is 16.6. The fraction of sp³-hybridized carbons (Fsp3) is 0.238. The van der Waals surface area contributed by atoms with E-state index in [1.54, 1.807) is 0 Å². The fourth-order valence-corrected chi connectivity index (χ4v) is 4.09. The standard InChI is InChI=1S/C21H21ClN2OS/c1-14(2)24(13-16-9-5-4-6-10-16)21(25)19-15(3)23-20(26-19)17-11-7-8-12-18(17)22/h4-12,14H,13H2,1-3H3. The van der Waals surface area contributed by atoms with Crippen molar-refractivity contribution in [2.75, 3.05) is 0 Å². The first-order chi connectivity index (χ1) is 12.5. The van der Waals surface area contributed by atoms with Gasteiger partial charge in [-0.2, -0.15) is 0 Å². The van der Waals surface area contributed by atoms with Crippen molar-refractivity contribution in [3.05, 3.63) is 75.8 Å². The normalized spacial score (nSPS) is 11.0. The predicted molar refractivity (Wildman–Crippen MR) is 109 cm³/mol. The molecular formula is C21H21ClN2OS. The molecule has 1 heterocycles. The van der Waals surface area contributed by atoms with Crippen LogP contribution in [-0.2, 0) is 6.54 Å². The van der Waals surface area contributed by atoms with E-state index in [2.05, 4.69) is 4.98 Å². The van der Waals surface area contributed by atoms with Crippen molar-refractivity contribution in [2.24, 2.45) is 0 Å². The highest BCUT2D eigenvalue weighted by molar-refractivity contribution is 7.17. The maximum atomic E-state index is 13.2. The molecule has 0 fully saturated rings. The van der Waals surface area contributed by atoms with Crippen LogP contribution in [0.5, 0.6) is 0 Å². The van der Waals surface area contributed by atoms with Crippen LogP contribution in [0, 0.1) is 6.92 Å². The van der Waals surface area contributed by atoms with Gasteiger partial charge in [-0.05, 0) is 32.4 Å². The minimum absolute atomic E-state index is 0.0113. The number of thiazole rings is 1. The SMILES string of the molecule is Cc1nc(-c2ccccc2Cl)sc1C(=O)N(Cc1ccccc1)C(C)C. The van der Waals surface area contributed by atoms with Gasteiger partial charge in [0.1, 0.15) is 9.88 Å². The minimum Gasteiger partial charge on any atom is -0.331 e. The summed E-state index contributed by atoms with van der Waals surface area (Å²) in [7, 11) is 0. The molecule has 0 spiro atoms. The Labute approximate surface area is 163 Å². The van der Waals surface area contributed by atoms with Crippen molar-refractivity contribution in [2.45, 2.75) is 33.4 Å². The van der Waals surface area contributed by atoms with Crippen LogP contribution in [0.15, 0.2) is 54.6 Å². The maximum absolute atomic E-state index is 13.2. The van der Waals surface area contributed by atoms with Crippen molar-refractivity contribution < 1.29 is 4.79 Å². The number of halogens is 1. The maximum Gasteiger partial charge on any atom is 0.266 e. The first-order valence-corrected chi connectivity index (χ1v) is 9.74. The number of carbonyl (C=O) groups is 1. The Balaban J connectivity index is 1.92. The van der Waals surface area contributed by atoms with Crippen molar-refractivity contribution >= 4 is 28.8 Å². The summed E-state index contributed by atoms with van der Waals surface area (Å²) in [4.78, 5) is 20.4. The van der Waals surface area contributed by atoms with Crippen molar-refractivity contribution in [1.29, 1.82) is 0 Å². The molecule has 0 aliphatic carbocycles. The number of aromatic nitrogens is 1. The number of nitrogens with zero attached hydrogens (tertiary/aromatic N) is 2. The van der Waals surface area contributed by atoms with Gasteiger partial charge in [0, 0.05) is 18.2 Å². The number of rotatable bonds is 5. The number of aryl methyl sites for hydroxylation is 1. The number of hydrogen-bond donors (Lipinski definition) is 0. The lowest BCUT2D eigenvalue weighted by molar-refractivity contribution is 0.0694. The Morgan fingerprint density at radius 2 is 1.77 bits per heavy atom. The van der Waals surface area contributed by atoms with Gasteiger partial charge in [0.2, 0.25) is 0 Å². The second kappa shape index (κ2) is 8.02. The molecule has 0 radical (unpaired) electrons. The summed E-state index contributed by atoms with van der Waals surface area (Å²) in [6.45, 7) is 6.53. The molecule has 1 aromatic heterocycles. The first kappa shape index (κ1) is 18.6. The Bertz CT molecular complexity index is 905. The molecule has 0 N–H and O–H groups in total. The molecule has 3 rings (SSSR count). The molecule has 134 valence electrons. The van der Waals surface area contributed by atoms with Gasteiger partial charge in [-0.3, -0.25) is 4.79 Å². The Kier molecular flexibility index (Phi) is 5.74. The summed E-state index contributed by atoms with van der Waals surface area (Å²) in [6, 6.07) is 17.7. The van der Waals surface area contributed by atoms with Crippen LogP contribution in [-0.4, -0.2) is 21.8 Å². The van der Waals surface area contributed by atoms with E-state index in [0.29, 0.717) is 16.4 Å². The van der Waals surface area contributed by atoms with Crippen LogP contribution in [0.25, 0.3) is 10.6 Å². The zero-order valence-electron chi connectivity index (χ0n) is 15.1. The zero-order chi connectivity index (χ0) is 18.7. The fourth-order valence-electron chi connectivity index (χ4n) is 2.74. The summed E-state index contributed by atoms with van der Waals surface area (Å²) in [5, 5.41) is 1.42. The topological polar surface area (TPSA) is 33.2 Å². The van der Waals surface area contributed by atoms with Crippen molar-refractivity contribution in [1.82, 2.24) is 9.88 Å². The van der Waals surface area contributed by atoms with Gasteiger partial charge in [0.05, 0.1) is 10.7 Å². The van der Waals surface area contributed by atoms with Gasteiger partial charge in [0.25, 0.3) is 5.91 Å². The van der Waals surface area contributed by atoms with E-state index in [1.807, 2.05) is 80.3 Å². The van der Waals surface area contributed by atoms with Crippen molar-refractivity contribution in [3.63, 3.8) is 0 Å². The van der Waals surface area contributed by atoms with E-state index in [0.717, 1.165) is 21.8 Å². The summed E-state index contributed by atoms with van der Waals surface area (Å²) in [5.74, 6) is 0.0113. The summed E-state index contributed by atoms with van der Waals surface area (Å²) >= 11 is 7.70. The van der Waals surface area contributed by atoms with Crippen LogP contribution < -0.4 is 0 Å². The molecule has 0 aliphatic heterocycles. The molecule has 2 aromatic carbocycles. The van der Waals surface area contributed by atoms with Gasteiger partial charge < -0.3 is 4.90 Å². The van der Waals surface area contributed by atoms with Gasteiger partial charge >= 0.3 is 0 Å². The smallest absolute Gasteiger partial charge is 0.266 e. The minimum atomic E-state index is 0.0113. The third-order valence-electron chi connectivity index (χ3n) is 4.18. The van der Waals surface area contributed by atoms with E-state index >= 15 is 0 Å². The number of hydrogen-bond acceptors (Lipinski definition) is 3. The summed E-state index contributed by atoms with van der Waals surface area (Å²) in [5.41, 5.74) is 2.72. The van der Waals surface area contributed by atoms with Gasteiger partial charge in [-0.15, -0.1) is 11.3 Å². The number of carbonyl (C=O) groups excluding carboxylic acids is 1. The second-order valence-electron chi connectivity index (χ2n) is 6.43. The molecule has 26 heavy (non-hydrogen) atoms. The van der Waals surface area contributed by atoms with E-state index < -0.39 is 0 Å². The largest absolute Gasteiger partial charge is 0.331 e. The molecule has 0 saturated heterocycles. The Morgan fingerprint density at radius 3 is 2.42 bits per heavy atom. The molecule has 3 aromatic rings. The average Bonchev–Trinajstić information content (AvgIpc) is 3.01. The van der Waals surface area contributed by atoms with E-state index in [9.17, 15) is 4.79 Å². The lowest BCUT2D eigenvalue weighted by Crippen LogP contribution is -2.36. The molecule has 0 aliphatic rings. The average molecular weight is 385 g/mol. The summed E-state index contributed by atoms with van der Waals surface area (Å²) < 4.78 is 0. The lowest BCUT2D eigenvalue weighted by Gasteiger charge is -2.26. The van der Waals surface area contributed by atoms with Gasteiger partial charge in [-0.1, -0.05) is 60.1 Å². The van der Waals surface area contributed by atoms with E-state index in [-0.39, 0.29) is 11.9 Å². The third-order valence-corrected chi connectivity index (χ3v) is 5.68. The van der Waals surface area contributed by atoms with Crippen LogP contribution in [0.4, 0.5) is 0 Å². The number of amides is 1. The quantitative estimate of drug-likeness (QED) is 0.555. The molecule has 0 saturated carbocycles. The third kappa shape index (κ3) is 3.97. The first-order valence-electron chi connectivity index (χ1n) is 8.54. The molecule has 1 amide bonds. The molecule has 3 nitrogen and oxygen atoms in total. The molecular weight excluding hydrogens is 364 g/mol. The van der Waals surface area contributed by atoms with E-state index in [4.69, 9.17) is 11.6 Å². The summed E-state index contributed by atoms with van der Waals surface area (Å²) in [6.07, 6.45) is 0. The number of benzene rings is 2. The van der Waals surface area contributed by atoms with E-state index in [1.165, 1.54) is 11.3 Å². The van der Waals surface area contributed by atoms with Crippen LogP contribution in [0.2, 0.25) is 5.02 Å². The molecule has 0 unspecified atom stereocenters. The van der Waals surface area contributed by atoms with Crippen LogP contribution in [0.1, 0.15) is 34.8 Å². The highest BCUT2D eigenvalue weighted by Crippen LogP contribution is 2.33. The van der Waals surface area contributed by atoms with Crippen molar-refractivity contribution in [3.8, 4) is 10.6 Å². The molecule has 0 bridgehead atoms. The van der Waals surface area contributed by atoms with Gasteiger partial charge in [0.15, 0.2) is 0 Å². The predicted octanol–water partition coefficient (Wildman–Crippen LogP) is 5.82. The highest BCUT2D eigenvalue weighted by Gasteiger charge is 2.24. The monoisotopic (exact) mass is 384 g/mol. The van der Waals surface area contributed by atoms with Crippen LogP contribution in [0.3, 0.4) is 0 Å². The highest BCUT2D eigenvalue weighted by atomic mass is 35.5. The molecule has 0 atom stereocenters. The Morgan fingerprint density at radius 1 is 1.12 bits per heavy atom. The molecule has 5 heteroatoms. The second-order valence-corrected chi connectivity index (χ2v) is 7.83. The van der Waals surface area contributed by atoms with Gasteiger partial charge in [-0.25, -0.2) is 4.98 Å². The van der Waals surface area contributed by atoms with Crippen LogP contribution >= 0.6 is 22.9 Å².